The molecule has 0 radical (unpaired) electrons. The highest BCUT2D eigenvalue weighted by Crippen LogP contribution is 2.32. The van der Waals surface area contributed by atoms with Crippen LogP contribution in [0.5, 0.6) is 0 Å². The number of nitrogens with zero attached hydrogens (tertiary/aromatic N) is 4. The zero-order valence-electron chi connectivity index (χ0n) is 23.7. The first kappa shape index (κ1) is 28.6. The summed E-state index contributed by atoms with van der Waals surface area (Å²) in [5, 5.41) is 4.79. The summed E-state index contributed by atoms with van der Waals surface area (Å²) >= 11 is 6.02. The van der Waals surface area contributed by atoms with Crippen molar-refractivity contribution in [3.63, 3.8) is 0 Å². The topological polar surface area (TPSA) is 79.5 Å². The van der Waals surface area contributed by atoms with E-state index in [0.717, 1.165) is 36.0 Å². The zero-order valence-corrected chi connectivity index (χ0v) is 24.5. The summed E-state index contributed by atoms with van der Waals surface area (Å²) in [5.41, 5.74) is 3.43. The Bertz CT molecular complexity index is 1480. The van der Waals surface area contributed by atoms with Crippen molar-refractivity contribution in [2.75, 3.05) is 13.1 Å². The number of amides is 2. The molecule has 41 heavy (non-hydrogen) atoms. The Labute approximate surface area is 246 Å². The first-order chi connectivity index (χ1) is 19.7. The van der Waals surface area contributed by atoms with Gasteiger partial charge in [-0.3, -0.25) is 9.59 Å². The predicted octanol–water partition coefficient (Wildman–Crippen LogP) is 7.08. The molecule has 2 heterocycles. The molecule has 0 bridgehead atoms. The lowest BCUT2D eigenvalue weighted by Gasteiger charge is -2.35. The lowest BCUT2D eigenvalue weighted by molar-refractivity contribution is -0.136. The van der Waals surface area contributed by atoms with E-state index >= 15 is 0 Å². The molecule has 0 saturated carbocycles. The average Bonchev–Trinajstić information content (AvgIpc) is 3.47. The van der Waals surface area contributed by atoms with Gasteiger partial charge in [-0.2, -0.15) is 4.98 Å². The van der Waals surface area contributed by atoms with Crippen LogP contribution in [0.3, 0.4) is 0 Å². The fourth-order valence-electron chi connectivity index (χ4n) is 5.13. The molecular weight excluding hydrogens is 536 g/mol. The van der Waals surface area contributed by atoms with Crippen molar-refractivity contribution in [1.82, 2.24) is 19.9 Å². The van der Waals surface area contributed by atoms with Crippen LogP contribution in [0.2, 0.25) is 5.02 Å². The second-order valence-electron chi connectivity index (χ2n) is 11.5. The van der Waals surface area contributed by atoms with Gasteiger partial charge in [0.05, 0.1) is 0 Å². The van der Waals surface area contributed by atoms with E-state index in [2.05, 4.69) is 30.9 Å². The molecule has 7 nitrogen and oxygen atoms in total. The van der Waals surface area contributed by atoms with Crippen LogP contribution in [0.4, 0.5) is 0 Å². The minimum Gasteiger partial charge on any atom is -0.337 e. The predicted molar refractivity (Wildman–Crippen MR) is 159 cm³/mol. The number of benzene rings is 3. The van der Waals surface area contributed by atoms with Gasteiger partial charge in [-0.05, 0) is 72.2 Å². The molecule has 4 aromatic rings. The lowest BCUT2D eigenvalue weighted by Crippen LogP contribution is -2.45. The van der Waals surface area contributed by atoms with Gasteiger partial charge in [0.1, 0.15) is 12.6 Å². The monoisotopic (exact) mass is 570 g/mol. The number of carbonyl (C=O) groups excluding carboxylic acids is 2. The van der Waals surface area contributed by atoms with Crippen LogP contribution < -0.4 is 0 Å². The van der Waals surface area contributed by atoms with Gasteiger partial charge in [-0.25, -0.2) is 0 Å². The smallest absolute Gasteiger partial charge is 0.254 e. The van der Waals surface area contributed by atoms with Crippen LogP contribution in [0, 0.1) is 0 Å². The number of rotatable bonds is 7. The molecule has 3 aromatic carbocycles. The molecule has 1 saturated heterocycles. The van der Waals surface area contributed by atoms with Crippen LogP contribution in [-0.4, -0.2) is 44.8 Å². The van der Waals surface area contributed by atoms with E-state index in [9.17, 15) is 9.59 Å². The van der Waals surface area contributed by atoms with Crippen LogP contribution in [0.15, 0.2) is 83.4 Å². The van der Waals surface area contributed by atoms with Crippen molar-refractivity contribution in [2.24, 2.45) is 0 Å². The maximum absolute atomic E-state index is 13.8. The fourth-order valence-corrected chi connectivity index (χ4v) is 5.25. The van der Waals surface area contributed by atoms with Crippen LogP contribution in [0.25, 0.3) is 11.4 Å². The number of likely N-dealkylation sites (tertiary alicyclic amines) is 1. The summed E-state index contributed by atoms with van der Waals surface area (Å²) < 4.78 is 5.66. The molecular formula is C33H35ClN4O3. The largest absolute Gasteiger partial charge is 0.337 e. The summed E-state index contributed by atoms with van der Waals surface area (Å²) in [7, 11) is 0. The third kappa shape index (κ3) is 6.85. The number of carbonyl (C=O) groups is 2. The molecule has 0 N–H and O–H groups in total. The molecule has 1 aliphatic heterocycles. The number of hydrogen-bond acceptors (Lipinski definition) is 5. The van der Waals surface area contributed by atoms with E-state index in [0.29, 0.717) is 35.4 Å². The molecule has 2 amide bonds. The maximum atomic E-state index is 13.8. The van der Waals surface area contributed by atoms with Gasteiger partial charge in [-0.15, -0.1) is 0 Å². The first-order valence-electron chi connectivity index (χ1n) is 14.0. The molecule has 1 aromatic heterocycles. The molecule has 1 aliphatic rings. The average molecular weight is 571 g/mol. The Hall–Kier alpha value is -3.97. The Morgan fingerprint density at radius 2 is 1.68 bits per heavy atom. The van der Waals surface area contributed by atoms with Gasteiger partial charge >= 0.3 is 0 Å². The van der Waals surface area contributed by atoms with Gasteiger partial charge in [0.15, 0.2) is 0 Å². The van der Waals surface area contributed by atoms with Gasteiger partial charge in [0, 0.05) is 29.2 Å². The Kier molecular flexibility index (Phi) is 8.54. The molecule has 0 aliphatic carbocycles. The van der Waals surface area contributed by atoms with Gasteiger partial charge in [-0.1, -0.05) is 80.0 Å². The summed E-state index contributed by atoms with van der Waals surface area (Å²) in [6, 6.07) is 24.3. The van der Waals surface area contributed by atoms with Gasteiger partial charge in [0.25, 0.3) is 5.91 Å². The molecule has 212 valence electrons. The highest BCUT2D eigenvalue weighted by molar-refractivity contribution is 6.30. The Morgan fingerprint density at radius 1 is 0.976 bits per heavy atom. The van der Waals surface area contributed by atoms with E-state index < -0.39 is 0 Å². The Balaban J connectivity index is 1.37. The normalized spacial score (nSPS) is 15.5. The third-order valence-electron chi connectivity index (χ3n) is 7.48. The van der Waals surface area contributed by atoms with E-state index in [1.54, 1.807) is 21.9 Å². The van der Waals surface area contributed by atoms with E-state index in [1.807, 2.05) is 66.7 Å². The SMILES string of the molecule is CC(C)(C)c1ccc(C(=O)N(CC(=O)N2CCCCC2c2nc(-c3ccc(Cl)cc3)no2)Cc2ccccc2)cc1. The zero-order chi connectivity index (χ0) is 29.0. The van der Waals surface area contributed by atoms with Crippen molar-refractivity contribution < 1.29 is 14.1 Å². The minimum absolute atomic E-state index is 0.0211. The molecule has 1 unspecified atom stereocenters. The van der Waals surface area contributed by atoms with Crippen molar-refractivity contribution in [3.05, 3.63) is 106 Å². The van der Waals surface area contributed by atoms with Crippen molar-refractivity contribution >= 4 is 23.4 Å². The molecule has 1 fully saturated rings. The third-order valence-corrected chi connectivity index (χ3v) is 7.73. The second kappa shape index (κ2) is 12.3. The van der Waals surface area contributed by atoms with Crippen LogP contribution in [0.1, 0.15) is 73.5 Å². The van der Waals surface area contributed by atoms with E-state index in [-0.39, 0.29) is 29.8 Å². The highest BCUT2D eigenvalue weighted by Gasteiger charge is 2.34. The molecule has 8 heteroatoms. The summed E-state index contributed by atoms with van der Waals surface area (Å²) in [6.07, 6.45) is 2.54. The highest BCUT2D eigenvalue weighted by atomic mass is 35.5. The van der Waals surface area contributed by atoms with Gasteiger partial charge < -0.3 is 14.3 Å². The maximum Gasteiger partial charge on any atom is 0.254 e. The second-order valence-corrected chi connectivity index (χ2v) is 12.0. The van der Waals surface area contributed by atoms with Crippen molar-refractivity contribution in [1.29, 1.82) is 0 Å². The fraction of sp³-hybridized carbons (Fsp3) is 0.333. The standard InChI is InChI=1S/C33H35ClN4O3/c1-33(2,3)26-16-12-25(13-17-26)32(40)37(21-23-9-5-4-6-10-23)22-29(39)38-20-8-7-11-28(38)31-35-30(36-41-31)24-14-18-27(34)19-15-24/h4-6,9-10,12-19,28H,7-8,11,20-22H2,1-3H3. The first-order valence-corrected chi connectivity index (χ1v) is 14.4. The minimum atomic E-state index is -0.343. The number of hydrogen-bond donors (Lipinski definition) is 0. The number of halogens is 1. The van der Waals surface area contributed by atoms with Crippen LogP contribution in [-0.2, 0) is 16.8 Å². The summed E-state index contributed by atoms with van der Waals surface area (Å²) in [6.45, 7) is 7.26. The molecule has 5 rings (SSSR count). The quantitative estimate of drug-likeness (QED) is 0.237. The Morgan fingerprint density at radius 3 is 2.37 bits per heavy atom. The van der Waals surface area contributed by atoms with Crippen molar-refractivity contribution in [2.45, 2.75) is 58.0 Å². The number of piperidine rings is 1. The van der Waals surface area contributed by atoms with E-state index in [1.165, 1.54) is 0 Å². The molecule has 0 spiro atoms. The van der Waals surface area contributed by atoms with E-state index in [4.69, 9.17) is 16.1 Å². The molecule has 1 atom stereocenters. The lowest BCUT2D eigenvalue weighted by atomic mass is 9.86. The number of aromatic nitrogens is 2. The van der Waals surface area contributed by atoms with Crippen LogP contribution >= 0.6 is 11.6 Å². The van der Waals surface area contributed by atoms with Crippen molar-refractivity contribution in [3.8, 4) is 11.4 Å². The summed E-state index contributed by atoms with van der Waals surface area (Å²) in [5.74, 6) is 0.534. The van der Waals surface area contributed by atoms with Gasteiger partial charge in [0.2, 0.25) is 17.6 Å². The summed E-state index contributed by atoms with van der Waals surface area (Å²) in [4.78, 5) is 35.7.